The van der Waals surface area contributed by atoms with Crippen LogP contribution in [-0.4, -0.2) is 21.9 Å². The van der Waals surface area contributed by atoms with Crippen molar-refractivity contribution in [1.29, 1.82) is 0 Å². The molecule has 3 N–H and O–H groups in total. The third-order valence-electron chi connectivity index (χ3n) is 2.90. The smallest absolute Gasteiger partial charge is 0.0537 e. The van der Waals surface area contributed by atoms with Gasteiger partial charge in [0.05, 0.1) is 6.20 Å². The second kappa shape index (κ2) is 4.33. The highest BCUT2D eigenvalue weighted by Crippen LogP contribution is 2.17. The summed E-state index contributed by atoms with van der Waals surface area (Å²) in [6.07, 6.45) is 3.99. The van der Waals surface area contributed by atoms with Gasteiger partial charge in [0.1, 0.15) is 0 Å². The number of aromatic nitrogens is 2. The zero-order chi connectivity index (χ0) is 10.8. The Labute approximate surface area is 90.8 Å². The molecule has 2 rings (SSSR count). The van der Waals surface area contributed by atoms with E-state index in [1.54, 1.807) is 0 Å². The summed E-state index contributed by atoms with van der Waals surface area (Å²) in [6.45, 7) is 6.18. The number of hydrogen-bond acceptors (Lipinski definition) is 3. The maximum Gasteiger partial charge on any atom is 0.0537 e. The van der Waals surface area contributed by atoms with Gasteiger partial charge in [-0.15, -0.1) is 0 Å². The van der Waals surface area contributed by atoms with Crippen molar-refractivity contribution < 1.29 is 0 Å². The van der Waals surface area contributed by atoms with E-state index < -0.39 is 0 Å². The van der Waals surface area contributed by atoms with Crippen molar-refractivity contribution in [2.24, 2.45) is 5.73 Å². The molecule has 1 aromatic heterocycles. The minimum Gasteiger partial charge on any atom is -0.327 e. The van der Waals surface area contributed by atoms with Gasteiger partial charge in [-0.05, 0) is 6.42 Å². The molecule has 0 radical (unpaired) electrons. The maximum atomic E-state index is 5.97. The number of rotatable bonds is 3. The first kappa shape index (κ1) is 10.6. The zero-order valence-corrected chi connectivity index (χ0v) is 9.53. The van der Waals surface area contributed by atoms with Gasteiger partial charge in [-0.3, -0.25) is 4.68 Å². The van der Waals surface area contributed by atoms with Crippen molar-refractivity contribution in [1.82, 2.24) is 15.1 Å². The zero-order valence-electron chi connectivity index (χ0n) is 9.53. The Hall–Kier alpha value is -0.870. The molecular weight excluding hydrogens is 188 g/mol. The quantitative estimate of drug-likeness (QED) is 0.767. The van der Waals surface area contributed by atoms with Crippen LogP contribution in [0.2, 0.25) is 0 Å². The number of nitrogens with zero attached hydrogens (tertiary/aromatic N) is 2. The predicted molar refractivity (Wildman–Crippen MR) is 60.5 cm³/mol. The number of aryl methyl sites for hydroxylation is 1. The van der Waals surface area contributed by atoms with E-state index in [9.17, 15) is 0 Å². The topological polar surface area (TPSA) is 55.9 Å². The van der Waals surface area contributed by atoms with E-state index in [-0.39, 0.29) is 0 Å². The summed E-state index contributed by atoms with van der Waals surface area (Å²) in [5.74, 6) is 0. The minimum absolute atomic E-state index is 0.312. The van der Waals surface area contributed by atoms with Crippen LogP contribution >= 0.6 is 0 Å². The summed E-state index contributed by atoms with van der Waals surface area (Å²) in [6, 6.07) is 0.824. The third-order valence-corrected chi connectivity index (χ3v) is 2.90. The first-order valence-corrected chi connectivity index (χ1v) is 5.69. The van der Waals surface area contributed by atoms with E-state index in [1.807, 2.05) is 6.20 Å². The Kier molecular flexibility index (Phi) is 3.07. The Bertz CT molecular complexity index is 329. The summed E-state index contributed by atoms with van der Waals surface area (Å²) in [7, 11) is 0. The maximum absolute atomic E-state index is 5.97. The normalized spacial score (nSPS) is 20.7. The molecule has 0 saturated carbocycles. The lowest BCUT2D eigenvalue weighted by molar-refractivity contribution is 0.435. The van der Waals surface area contributed by atoms with Crippen LogP contribution in [0, 0.1) is 0 Å². The van der Waals surface area contributed by atoms with Crippen LogP contribution in [0.3, 0.4) is 0 Å². The van der Waals surface area contributed by atoms with E-state index in [1.165, 1.54) is 11.3 Å². The molecule has 1 atom stereocenters. The largest absolute Gasteiger partial charge is 0.327 e. The molecule has 0 spiro atoms. The van der Waals surface area contributed by atoms with Crippen LogP contribution in [-0.2, 0) is 19.5 Å². The summed E-state index contributed by atoms with van der Waals surface area (Å²) in [5, 5.41) is 7.81. The molecule has 0 aromatic carbocycles. The van der Waals surface area contributed by atoms with Crippen molar-refractivity contribution >= 4 is 0 Å². The highest BCUT2D eigenvalue weighted by molar-refractivity contribution is 5.20. The third kappa shape index (κ3) is 2.38. The van der Waals surface area contributed by atoms with E-state index in [0.717, 1.165) is 25.9 Å². The van der Waals surface area contributed by atoms with Gasteiger partial charge < -0.3 is 11.1 Å². The van der Waals surface area contributed by atoms with E-state index >= 15 is 0 Å². The fourth-order valence-electron chi connectivity index (χ4n) is 1.98. The molecule has 1 aromatic rings. The molecule has 0 bridgehead atoms. The first-order valence-electron chi connectivity index (χ1n) is 5.69. The summed E-state index contributed by atoms with van der Waals surface area (Å²) < 4.78 is 2.10. The Balaban J connectivity index is 2.09. The van der Waals surface area contributed by atoms with Crippen molar-refractivity contribution in [2.45, 2.75) is 51.9 Å². The fraction of sp³-hybridized carbons (Fsp3) is 0.727. The number of nitrogens with two attached hydrogens (primary N) is 1. The van der Waals surface area contributed by atoms with Crippen molar-refractivity contribution in [3.05, 3.63) is 17.5 Å². The van der Waals surface area contributed by atoms with Gasteiger partial charge in [0.25, 0.3) is 0 Å². The Morgan fingerprint density at radius 2 is 2.47 bits per heavy atom. The molecule has 0 fully saturated rings. The van der Waals surface area contributed by atoms with Crippen molar-refractivity contribution in [3.63, 3.8) is 0 Å². The average Bonchev–Trinajstić information content (AvgIpc) is 2.57. The van der Waals surface area contributed by atoms with Gasteiger partial charge in [0, 0.05) is 42.9 Å². The standard InChI is InChI=1S/C11H20N4/c1-8(2)13-6-9-7-14-15-4-3-10(12)5-11(9)15/h7-8,10,13H,3-6,12H2,1-2H3. The van der Waals surface area contributed by atoms with Gasteiger partial charge >= 0.3 is 0 Å². The predicted octanol–water partition coefficient (Wildman–Crippen LogP) is 0.655. The SMILES string of the molecule is CC(C)NCc1cnn2c1CC(N)CC2. The molecule has 1 aliphatic heterocycles. The lowest BCUT2D eigenvalue weighted by atomic mass is 10.0. The molecular formula is C11H20N4. The number of hydrogen-bond donors (Lipinski definition) is 2. The summed E-state index contributed by atoms with van der Waals surface area (Å²) in [5.41, 5.74) is 8.60. The second-order valence-electron chi connectivity index (χ2n) is 4.63. The molecule has 2 heterocycles. The molecule has 4 nitrogen and oxygen atoms in total. The van der Waals surface area contributed by atoms with Crippen LogP contribution in [0.4, 0.5) is 0 Å². The molecule has 4 heteroatoms. The monoisotopic (exact) mass is 208 g/mol. The first-order chi connectivity index (χ1) is 7.16. The summed E-state index contributed by atoms with van der Waals surface area (Å²) in [4.78, 5) is 0. The summed E-state index contributed by atoms with van der Waals surface area (Å²) >= 11 is 0. The van der Waals surface area contributed by atoms with E-state index in [0.29, 0.717) is 12.1 Å². The average molecular weight is 208 g/mol. The molecule has 0 amide bonds. The highest BCUT2D eigenvalue weighted by atomic mass is 15.3. The van der Waals surface area contributed by atoms with E-state index in [4.69, 9.17) is 5.73 Å². The van der Waals surface area contributed by atoms with Gasteiger partial charge in [-0.2, -0.15) is 5.10 Å². The van der Waals surface area contributed by atoms with Crippen LogP contribution in [0.1, 0.15) is 31.5 Å². The van der Waals surface area contributed by atoms with E-state index in [2.05, 4.69) is 28.9 Å². The van der Waals surface area contributed by atoms with Crippen LogP contribution in [0.25, 0.3) is 0 Å². The highest BCUT2D eigenvalue weighted by Gasteiger charge is 2.19. The van der Waals surface area contributed by atoms with Gasteiger partial charge in [-0.25, -0.2) is 0 Å². The number of fused-ring (bicyclic) bond motifs is 1. The molecule has 0 saturated heterocycles. The lowest BCUT2D eigenvalue weighted by Crippen LogP contribution is -2.32. The number of nitrogens with one attached hydrogen (secondary N) is 1. The van der Waals surface area contributed by atoms with Crippen LogP contribution in [0.15, 0.2) is 6.20 Å². The fourth-order valence-corrected chi connectivity index (χ4v) is 1.98. The minimum atomic E-state index is 0.312. The van der Waals surface area contributed by atoms with Gasteiger partial charge in [0.15, 0.2) is 0 Å². The molecule has 1 unspecified atom stereocenters. The lowest BCUT2D eigenvalue weighted by Gasteiger charge is -2.21. The molecule has 84 valence electrons. The van der Waals surface area contributed by atoms with Crippen LogP contribution < -0.4 is 11.1 Å². The van der Waals surface area contributed by atoms with Crippen LogP contribution in [0.5, 0.6) is 0 Å². The Morgan fingerprint density at radius 1 is 1.67 bits per heavy atom. The molecule has 15 heavy (non-hydrogen) atoms. The van der Waals surface area contributed by atoms with Crippen molar-refractivity contribution in [2.75, 3.05) is 0 Å². The Morgan fingerprint density at radius 3 is 3.20 bits per heavy atom. The van der Waals surface area contributed by atoms with Gasteiger partial charge in [-0.1, -0.05) is 13.8 Å². The van der Waals surface area contributed by atoms with Gasteiger partial charge in [0.2, 0.25) is 0 Å². The molecule has 0 aliphatic carbocycles. The second-order valence-corrected chi connectivity index (χ2v) is 4.63. The van der Waals surface area contributed by atoms with Crippen molar-refractivity contribution in [3.8, 4) is 0 Å². The molecule has 1 aliphatic rings.